The fourth-order valence-electron chi connectivity index (χ4n) is 3.68. The minimum Gasteiger partial charge on any atom is -0.311 e. The van der Waals surface area contributed by atoms with Gasteiger partial charge in [0.25, 0.3) is 0 Å². The summed E-state index contributed by atoms with van der Waals surface area (Å²) < 4.78 is 51.0. The maximum Gasteiger partial charge on any atom is 0.183 e. The van der Waals surface area contributed by atoms with Gasteiger partial charge < -0.3 is 5.32 Å². The molecule has 0 amide bonds. The number of nitrogens with one attached hydrogen (secondary N) is 1. The van der Waals surface area contributed by atoms with E-state index in [4.69, 9.17) is 11.6 Å². The number of benzene rings is 2. The Balaban J connectivity index is 1.76. The molecule has 1 aliphatic heterocycles. The fourth-order valence-corrected chi connectivity index (χ4v) is 8.53. The molecule has 164 valence electrons. The molecule has 1 fully saturated rings. The second kappa shape index (κ2) is 8.61. The van der Waals surface area contributed by atoms with E-state index in [0.29, 0.717) is 18.0 Å². The number of hydrogen-bond acceptors (Lipinski definition) is 5. The van der Waals surface area contributed by atoms with Crippen molar-refractivity contribution in [2.75, 3.05) is 18.1 Å². The highest BCUT2D eigenvalue weighted by molar-refractivity contribution is 7.96. The Labute approximate surface area is 184 Å². The second-order valence-electron chi connectivity index (χ2n) is 8.87. The smallest absolute Gasteiger partial charge is 0.183 e. The third kappa shape index (κ3) is 5.44. The van der Waals surface area contributed by atoms with E-state index >= 15 is 0 Å². The summed E-state index contributed by atoms with van der Waals surface area (Å²) >= 11 is 5.89. The Hall–Kier alpha value is -1.41. The number of rotatable bonds is 6. The first-order chi connectivity index (χ1) is 13.9. The highest BCUT2D eigenvalue weighted by Crippen LogP contribution is 2.28. The molecule has 30 heavy (non-hydrogen) atoms. The van der Waals surface area contributed by atoms with Crippen molar-refractivity contribution in [2.24, 2.45) is 0 Å². The van der Waals surface area contributed by atoms with Crippen molar-refractivity contribution in [1.29, 1.82) is 0 Å². The van der Waals surface area contributed by atoms with E-state index < -0.39 is 31.0 Å². The standard InChI is InChI=1S/C22H28ClNO4S2/c1-22(2,3)17-6-10-19(11-7-17)30(27,28)21-15-29(25,26)14-20(21)24-13-12-16-4-8-18(23)9-5-16/h4-11,20-21,24H,12-15H2,1-3H3/t20-,21-/m0/s1. The van der Waals surface area contributed by atoms with Crippen LogP contribution in [0.15, 0.2) is 53.4 Å². The molecule has 0 spiro atoms. The van der Waals surface area contributed by atoms with Gasteiger partial charge in [0, 0.05) is 11.1 Å². The molecule has 5 nitrogen and oxygen atoms in total. The SMILES string of the molecule is CC(C)(C)c1ccc(S(=O)(=O)[C@H]2CS(=O)(=O)C[C@@H]2NCCc2ccc(Cl)cc2)cc1. The van der Waals surface area contributed by atoms with Crippen LogP contribution in [0.4, 0.5) is 0 Å². The Kier molecular flexibility index (Phi) is 6.68. The van der Waals surface area contributed by atoms with E-state index in [-0.39, 0.29) is 21.8 Å². The van der Waals surface area contributed by atoms with Gasteiger partial charge in [-0.1, -0.05) is 56.6 Å². The number of hydrogen-bond donors (Lipinski definition) is 1. The molecule has 2 aromatic rings. The van der Waals surface area contributed by atoms with Crippen molar-refractivity contribution in [2.45, 2.75) is 48.8 Å². The molecule has 0 radical (unpaired) electrons. The molecule has 1 aliphatic rings. The lowest BCUT2D eigenvalue weighted by Gasteiger charge is -2.22. The lowest BCUT2D eigenvalue weighted by atomic mass is 9.87. The molecule has 1 saturated heterocycles. The van der Waals surface area contributed by atoms with Gasteiger partial charge in [0.1, 0.15) is 0 Å². The topological polar surface area (TPSA) is 80.3 Å². The average molecular weight is 470 g/mol. The summed E-state index contributed by atoms with van der Waals surface area (Å²) in [7, 11) is -7.21. The van der Waals surface area contributed by atoms with Gasteiger partial charge in [-0.25, -0.2) is 16.8 Å². The Bertz CT molecular complexity index is 1090. The van der Waals surface area contributed by atoms with Crippen LogP contribution in [0.2, 0.25) is 5.02 Å². The zero-order valence-corrected chi connectivity index (χ0v) is 19.8. The summed E-state index contributed by atoms with van der Waals surface area (Å²) in [5, 5.41) is 2.83. The van der Waals surface area contributed by atoms with E-state index in [1.54, 1.807) is 36.4 Å². The predicted octanol–water partition coefficient (Wildman–Crippen LogP) is 3.41. The molecule has 3 rings (SSSR count). The molecule has 0 bridgehead atoms. The van der Waals surface area contributed by atoms with Gasteiger partial charge in [0.15, 0.2) is 19.7 Å². The lowest BCUT2D eigenvalue weighted by molar-refractivity contribution is 0.528. The molecule has 0 aliphatic carbocycles. The van der Waals surface area contributed by atoms with Crippen molar-refractivity contribution in [1.82, 2.24) is 5.32 Å². The zero-order valence-electron chi connectivity index (χ0n) is 17.4. The quantitative estimate of drug-likeness (QED) is 0.701. The Morgan fingerprint density at radius 3 is 2.17 bits per heavy atom. The summed E-state index contributed by atoms with van der Waals surface area (Å²) in [5.74, 6) is -0.521. The third-order valence-corrected chi connectivity index (χ3v) is 9.90. The predicted molar refractivity (Wildman–Crippen MR) is 122 cm³/mol. The Morgan fingerprint density at radius 1 is 1.00 bits per heavy atom. The summed E-state index contributed by atoms with van der Waals surface area (Å²) in [4.78, 5) is 0.169. The van der Waals surface area contributed by atoms with E-state index in [1.807, 2.05) is 12.1 Å². The van der Waals surface area contributed by atoms with Crippen LogP contribution < -0.4 is 5.32 Å². The van der Waals surface area contributed by atoms with Gasteiger partial charge in [-0.15, -0.1) is 0 Å². The van der Waals surface area contributed by atoms with E-state index in [9.17, 15) is 16.8 Å². The van der Waals surface area contributed by atoms with Gasteiger partial charge in [-0.05, 0) is 53.8 Å². The summed E-state index contributed by atoms with van der Waals surface area (Å²) in [5.41, 5.74) is 1.98. The largest absolute Gasteiger partial charge is 0.311 e. The highest BCUT2D eigenvalue weighted by atomic mass is 35.5. The van der Waals surface area contributed by atoms with Crippen LogP contribution >= 0.6 is 11.6 Å². The zero-order chi connectivity index (χ0) is 22.2. The van der Waals surface area contributed by atoms with Crippen LogP contribution in [-0.2, 0) is 31.5 Å². The van der Waals surface area contributed by atoms with E-state index in [1.165, 1.54) is 0 Å². The van der Waals surface area contributed by atoms with Crippen LogP contribution in [0.25, 0.3) is 0 Å². The molecule has 2 aromatic carbocycles. The molecule has 0 unspecified atom stereocenters. The summed E-state index contributed by atoms with van der Waals surface area (Å²) in [6.45, 7) is 6.65. The monoisotopic (exact) mass is 469 g/mol. The van der Waals surface area contributed by atoms with Gasteiger partial charge in [-0.2, -0.15) is 0 Å². The molecular weight excluding hydrogens is 442 g/mol. The molecular formula is C22H28ClNO4S2. The van der Waals surface area contributed by atoms with Crippen molar-refractivity contribution in [3.05, 3.63) is 64.7 Å². The fraction of sp³-hybridized carbons (Fsp3) is 0.455. The third-order valence-electron chi connectivity index (χ3n) is 5.48. The van der Waals surface area contributed by atoms with E-state index in [0.717, 1.165) is 11.1 Å². The van der Waals surface area contributed by atoms with Crippen molar-refractivity contribution in [3.63, 3.8) is 0 Å². The van der Waals surface area contributed by atoms with Crippen LogP contribution in [0.5, 0.6) is 0 Å². The van der Waals surface area contributed by atoms with Crippen molar-refractivity contribution in [3.8, 4) is 0 Å². The van der Waals surface area contributed by atoms with Gasteiger partial charge in [0.2, 0.25) is 0 Å². The van der Waals surface area contributed by atoms with Gasteiger partial charge >= 0.3 is 0 Å². The lowest BCUT2D eigenvalue weighted by Crippen LogP contribution is -2.44. The van der Waals surface area contributed by atoms with Gasteiger partial charge in [0.05, 0.1) is 21.7 Å². The maximum absolute atomic E-state index is 13.2. The van der Waals surface area contributed by atoms with Crippen molar-refractivity contribution >= 4 is 31.3 Å². The summed E-state index contributed by atoms with van der Waals surface area (Å²) in [6.07, 6.45) is 0.654. The van der Waals surface area contributed by atoms with Gasteiger partial charge in [-0.3, -0.25) is 0 Å². The molecule has 1 heterocycles. The molecule has 8 heteroatoms. The molecule has 1 N–H and O–H groups in total. The highest BCUT2D eigenvalue weighted by Gasteiger charge is 2.45. The van der Waals surface area contributed by atoms with Crippen LogP contribution in [-0.4, -0.2) is 46.2 Å². The molecule has 0 aromatic heterocycles. The molecule has 2 atom stereocenters. The van der Waals surface area contributed by atoms with Crippen molar-refractivity contribution < 1.29 is 16.8 Å². The van der Waals surface area contributed by atoms with Crippen LogP contribution in [0, 0.1) is 0 Å². The second-order valence-corrected chi connectivity index (χ2v) is 13.6. The van der Waals surface area contributed by atoms with Crippen LogP contribution in [0.1, 0.15) is 31.9 Å². The Morgan fingerprint density at radius 2 is 1.60 bits per heavy atom. The summed E-state index contributed by atoms with van der Waals surface area (Å²) in [6, 6.07) is 13.6. The van der Waals surface area contributed by atoms with Crippen LogP contribution in [0.3, 0.4) is 0 Å². The maximum atomic E-state index is 13.2. The first kappa shape index (κ1) is 23.3. The molecule has 0 saturated carbocycles. The first-order valence-corrected chi connectivity index (χ1v) is 13.7. The number of sulfone groups is 2. The number of halogens is 1. The minimum atomic E-state index is -3.78. The normalized spacial score (nSPS) is 21.6. The minimum absolute atomic E-state index is 0.0925. The first-order valence-electron chi connectivity index (χ1n) is 9.91. The average Bonchev–Trinajstić information content (AvgIpc) is 2.98. The van der Waals surface area contributed by atoms with E-state index in [2.05, 4.69) is 26.1 Å².